The van der Waals surface area contributed by atoms with Crippen LogP contribution in [0.3, 0.4) is 0 Å². The Hall–Kier alpha value is -2.71. The second-order valence-corrected chi connectivity index (χ2v) is 15.4. The third-order valence-electron chi connectivity index (χ3n) is 7.75. The maximum absolute atomic E-state index is 2.50. The minimum Gasteiger partial charge on any atom is -0.200 e. The molecule has 1 aliphatic rings. The van der Waals surface area contributed by atoms with Crippen LogP contribution in [0.1, 0.15) is 48.3 Å². The Morgan fingerprint density at radius 2 is 1.64 bits per heavy atom. The quantitative estimate of drug-likeness (QED) is 0.228. The van der Waals surface area contributed by atoms with E-state index in [1.165, 1.54) is 75.6 Å². The molecule has 0 radical (unpaired) electrons. The first-order valence-electron chi connectivity index (χ1n) is 12.5. The Labute approximate surface area is 200 Å². The molecule has 0 saturated heterocycles. The lowest BCUT2D eigenvalue weighted by Crippen LogP contribution is -2.44. The van der Waals surface area contributed by atoms with Crippen LogP contribution >= 0.6 is 0 Å². The van der Waals surface area contributed by atoms with E-state index in [1.54, 1.807) is 0 Å². The smallest absolute Gasteiger partial charge is 0.200 e. The monoisotopic (exact) mass is 450 g/mol. The van der Waals surface area contributed by atoms with Crippen LogP contribution in [-0.2, 0) is 13.1 Å². The number of nitrogens with zero attached hydrogens (tertiary/aromatic N) is 1. The average Bonchev–Trinajstić information content (AvgIpc) is 3.35. The van der Waals surface area contributed by atoms with Gasteiger partial charge in [-0.1, -0.05) is 91.3 Å². The van der Waals surface area contributed by atoms with Crippen molar-refractivity contribution in [2.75, 3.05) is 0 Å². The zero-order valence-corrected chi connectivity index (χ0v) is 21.6. The molecule has 0 spiro atoms. The molecule has 0 N–H and O–H groups in total. The molecule has 2 heteroatoms. The summed E-state index contributed by atoms with van der Waals surface area (Å²) in [5.74, 6) is 0.737. The zero-order chi connectivity index (χ0) is 23.0. The van der Waals surface area contributed by atoms with Crippen molar-refractivity contribution in [3.63, 3.8) is 0 Å². The Balaban J connectivity index is 1.57. The number of hydrogen-bond acceptors (Lipinski definition) is 0. The average molecular weight is 451 g/mol. The minimum atomic E-state index is -1.59. The first-order chi connectivity index (χ1) is 15.9. The highest BCUT2D eigenvalue weighted by molar-refractivity contribution is 6.89. The summed E-state index contributed by atoms with van der Waals surface area (Å²) in [6.07, 6.45) is 7.68. The highest BCUT2D eigenvalue weighted by Gasteiger charge is 2.26. The molecular weight excluding hydrogens is 414 g/mol. The maximum atomic E-state index is 2.50. The van der Waals surface area contributed by atoms with E-state index in [0.29, 0.717) is 0 Å². The number of rotatable bonds is 5. The summed E-state index contributed by atoms with van der Waals surface area (Å²) < 4.78 is 2.31. The van der Waals surface area contributed by atoms with E-state index >= 15 is 0 Å². The second kappa shape index (κ2) is 8.91. The predicted octanol–water partition coefficient (Wildman–Crippen LogP) is 6.99. The van der Waals surface area contributed by atoms with Gasteiger partial charge in [0.1, 0.15) is 7.05 Å². The summed E-state index contributed by atoms with van der Waals surface area (Å²) in [5.41, 5.74) is 7.08. The summed E-state index contributed by atoms with van der Waals surface area (Å²) in [6, 6.07) is 28.9. The molecule has 0 bridgehead atoms. The molecule has 5 rings (SSSR count). The van der Waals surface area contributed by atoms with Crippen LogP contribution in [0.25, 0.3) is 22.0 Å². The molecule has 1 saturated carbocycles. The van der Waals surface area contributed by atoms with Gasteiger partial charge in [-0.25, -0.2) is 4.57 Å². The van der Waals surface area contributed by atoms with Crippen molar-refractivity contribution in [2.24, 2.45) is 7.05 Å². The molecule has 0 aliphatic heterocycles. The number of pyridine rings is 1. The van der Waals surface area contributed by atoms with Crippen LogP contribution in [0.5, 0.6) is 0 Å². The second-order valence-electron chi connectivity index (χ2n) is 10.7. The molecule has 0 atom stereocenters. The fourth-order valence-electron chi connectivity index (χ4n) is 5.75. The lowest BCUT2D eigenvalue weighted by molar-refractivity contribution is -0.659. The van der Waals surface area contributed by atoms with Crippen molar-refractivity contribution in [3.05, 3.63) is 95.7 Å². The van der Waals surface area contributed by atoms with E-state index in [1.807, 2.05) is 0 Å². The van der Waals surface area contributed by atoms with Crippen molar-refractivity contribution < 1.29 is 4.57 Å². The molecule has 0 unspecified atom stereocenters. The molecule has 1 aromatic heterocycles. The van der Waals surface area contributed by atoms with E-state index in [0.717, 1.165) is 5.92 Å². The molecule has 1 nitrogen and oxygen atoms in total. The van der Waals surface area contributed by atoms with Gasteiger partial charge in [0.15, 0.2) is 6.20 Å². The van der Waals surface area contributed by atoms with Crippen molar-refractivity contribution >= 4 is 24.0 Å². The lowest BCUT2D eigenvalue weighted by Gasteiger charge is -2.24. The molecule has 1 fully saturated rings. The third kappa shape index (κ3) is 4.41. The number of aryl methyl sites for hydroxylation is 2. The predicted molar refractivity (Wildman–Crippen MR) is 144 cm³/mol. The van der Waals surface area contributed by atoms with Crippen LogP contribution in [0.2, 0.25) is 13.1 Å². The molecule has 1 aliphatic carbocycles. The molecular formula is C31H36NSi+. The third-order valence-corrected chi connectivity index (χ3v) is 10.9. The fraction of sp³-hybridized carbons (Fsp3) is 0.323. The summed E-state index contributed by atoms with van der Waals surface area (Å²) in [6.45, 7) is 7.26. The Morgan fingerprint density at radius 1 is 0.879 bits per heavy atom. The van der Waals surface area contributed by atoms with Gasteiger partial charge < -0.3 is 0 Å². The molecule has 3 aromatic carbocycles. The van der Waals surface area contributed by atoms with Gasteiger partial charge in [-0.3, -0.25) is 0 Å². The number of benzene rings is 3. The first-order valence-corrected chi connectivity index (χ1v) is 15.7. The number of aromatic nitrogens is 1. The van der Waals surface area contributed by atoms with Crippen LogP contribution in [0.4, 0.5) is 0 Å². The van der Waals surface area contributed by atoms with Crippen LogP contribution in [0, 0.1) is 6.92 Å². The van der Waals surface area contributed by atoms with Gasteiger partial charge >= 0.3 is 0 Å². The fourth-order valence-corrected chi connectivity index (χ4v) is 8.29. The van der Waals surface area contributed by atoms with E-state index < -0.39 is 8.07 Å². The van der Waals surface area contributed by atoms with Crippen molar-refractivity contribution in [1.82, 2.24) is 0 Å². The van der Waals surface area contributed by atoms with Gasteiger partial charge in [-0.2, -0.15) is 0 Å². The molecule has 168 valence electrons. The highest BCUT2D eigenvalue weighted by Crippen LogP contribution is 2.37. The molecule has 4 aromatic rings. The molecule has 33 heavy (non-hydrogen) atoms. The topological polar surface area (TPSA) is 3.88 Å². The Kier molecular flexibility index (Phi) is 5.97. The van der Waals surface area contributed by atoms with Gasteiger partial charge in [0.25, 0.3) is 0 Å². The first kappa shape index (κ1) is 22.1. The van der Waals surface area contributed by atoms with Crippen LogP contribution in [-0.4, -0.2) is 8.07 Å². The Bertz CT molecular complexity index is 1280. The van der Waals surface area contributed by atoms with Gasteiger partial charge in [-0.05, 0) is 60.4 Å². The SMILES string of the molecule is Cc1ccc(C2CCCC2)cc1-c1c2ccc([Si](C)(C)Cc3ccccc3)cc2cc[n+]1C. The molecule has 0 amide bonds. The maximum Gasteiger partial charge on any atom is 0.220 e. The van der Waals surface area contributed by atoms with Crippen molar-refractivity contribution in [1.29, 1.82) is 0 Å². The van der Waals surface area contributed by atoms with Gasteiger partial charge in [0, 0.05) is 11.6 Å². The number of hydrogen-bond donors (Lipinski definition) is 0. The molecule has 1 heterocycles. The summed E-state index contributed by atoms with van der Waals surface area (Å²) >= 11 is 0. The van der Waals surface area contributed by atoms with Gasteiger partial charge in [0.2, 0.25) is 5.69 Å². The van der Waals surface area contributed by atoms with Crippen LogP contribution in [0.15, 0.2) is 79.0 Å². The number of fused-ring (bicyclic) bond motifs is 1. The summed E-state index contributed by atoms with van der Waals surface area (Å²) in [5, 5.41) is 4.26. The Morgan fingerprint density at radius 3 is 2.39 bits per heavy atom. The normalized spacial score (nSPS) is 14.8. The zero-order valence-electron chi connectivity index (χ0n) is 20.6. The van der Waals surface area contributed by atoms with Crippen molar-refractivity contribution in [3.8, 4) is 11.3 Å². The summed E-state index contributed by atoms with van der Waals surface area (Å²) in [7, 11) is 0.601. The van der Waals surface area contributed by atoms with Gasteiger partial charge in [0.05, 0.1) is 13.5 Å². The van der Waals surface area contributed by atoms with E-state index in [9.17, 15) is 0 Å². The largest absolute Gasteiger partial charge is 0.220 e. The lowest BCUT2D eigenvalue weighted by atomic mass is 9.91. The van der Waals surface area contributed by atoms with Crippen LogP contribution < -0.4 is 9.75 Å². The van der Waals surface area contributed by atoms with Crippen molar-refractivity contribution in [2.45, 2.75) is 57.7 Å². The van der Waals surface area contributed by atoms with Gasteiger partial charge in [-0.15, -0.1) is 0 Å². The minimum absolute atomic E-state index is 0.737. The highest BCUT2D eigenvalue weighted by atomic mass is 28.3. The standard InChI is InChI=1S/C31H36NSi/c1-23-14-15-26(25-12-8-9-13-25)21-30(23)31-29-17-16-28(20-27(29)18-19-32(31)2)33(3,4)22-24-10-6-5-7-11-24/h5-7,10-11,14-21,25H,8-9,12-13,22H2,1-4H3/q+1. The van der Waals surface area contributed by atoms with E-state index in [2.05, 4.69) is 111 Å². The van der Waals surface area contributed by atoms with E-state index in [-0.39, 0.29) is 0 Å². The summed E-state index contributed by atoms with van der Waals surface area (Å²) in [4.78, 5) is 0. The van der Waals surface area contributed by atoms with E-state index in [4.69, 9.17) is 0 Å².